The van der Waals surface area contributed by atoms with Gasteiger partial charge in [0.1, 0.15) is 10.7 Å². The summed E-state index contributed by atoms with van der Waals surface area (Å²) in [4.78, 5) is 0.237. The van der Waals surface area contributed by atoms with Crippen molar-refractivity contribution in [1.29, 1.82) is 0 Å². The van der Waals surface area contributed by atoms with Crippen LogP contribution in [-0.2, 0) is 18.9 Å². The van der Waals surface area contributed by atoms with Crippen LogP contribution < -0.4 is 5.32 Å². The molecule has 0 saturated carbocycles. The van der Waals surface area contributed by atoms with Crippen LogP contribution in [0.5, 0.6) is 0 Å². The van der Waals surface area contributed by atoms with Gasteiger partial charge in [-0.3, -0.25) is 0 Å². The second kappa shape index (κ2) is 10.3. The summed E-state index contributed by atoms with van der Waals surface area (Å²) in [6, 6.07) is 19.5. The van der Waals surface area contributed by atoms with Crippen LogP contribution in [-0.4, -0.2) is 20.0 Å². The van der Waals surface area contributed by atoms with Crippen LogP contribution in [0.2, 0.25) is 0 Å². The zero-order valence-electron chi connectivity index (χ0n) is 19.3. The van der Waals surface area contributed by atoms with Crippen molar-refractivity contribution in [3.05, 3.63) is 107 Å². The molecule has 4 aromatic rings. The number of nitrogens with one attached hydrogen (secondary N) is 1. The largest absolute Gasteiger partial charge is 0.416 e. The van der Waals surface area contributed by atoms with E-state index in [0.717, 1.165) is 5.56 Å². The lowest BCUT2D eigenvalue weighted by atomic mass is 10.0. The van der Waals surface area contributed by atoms with Crippen molar-refractivity contribution in [3.63, 3.8) is 0 Å². The average molecular weight is 535 g/mol. The second-order valence-electron chi connectivity index (χ2n) is 8.33. The van der Waals surface area contributed by atoms with Gasteiger partial charge in [0.25, 0.3) is 0 Å². The van der Waals surface area contributed by atoms with Crippen molar-refractivity contribution in [2.75, 3.05) is 0 Å². The van der Waals surface area contributed by atoms with E-state index in [1.807, 2.05) is 37.3 Å². The Morgan fingerprint density at radius 2 is 1.41 bits per heavy atom. The molecule has 192 valence electrons. The molecule has 1 heterocycles. The number of hydrogen-bond acceptors (Lipinski definition) is 3. The molecule has 0 saturated heterocycles. The summed E-state index contributed by atoms with van der Waals surface area (Å²) in [6.45, 7) is 1.51. The molecule has 4 rings (SSSR count). The molecule has 0 amide bonds. The summed E-state index contributed by atoms with van der Waals surface area (Å²) in [7, 11) is 0. The molecule has 1 N–H and O–H groups in total. The first kappa shape index (κ1) is 26.3. The van der Waals surface area contributed by atoms with E-state index in [9.17, 15) is 26.3 Å². The molecule has 1 aromatic heterocycles. The first-order valence-corrected chi connectivity index (χ1v) is 11.5. The molecule has 11 heteroatoms. The highest BCUT2D eigenvalue weighted by Crippen LogP contribution is 2.37. The van der Waals surface area contributed by atoms with E-state index < -0.39 is 23.5 Å². The van der Waals surface area contributed by atoms with Crippen molar-refractivity contribution in [2.24, 2.45) is 0 Å². The van der Waals surface area contributed by atoms with Crippen molar-refractivity contribution in [3.8, 4) is 11.3 Å². The Morgan fingerprint density at radius 1 is 0.865 bits per heavy atom. The van der Waals surface area contributed by atoms with Crippen molar-refractivity contribution >= 4 is 17.2 Å². The lowest BCUT2D eigenvalue weighted by molar-refractivity contribution is -0.143. The van der Waals surface area contributed by atoms with Crippen molar-refractivity contribution in [1.82, 2.24) is 20.3 Å². The topological polar surface area (TPSA) is 42.7 Å². The number of thiocarbonyl (C=S) groups is 1. The number of halogens is 6. The molecule has 1 atom stereocenters. The minimum absolute atomic E-state index is 0.0956. The minimum atomic E-state index is -4.95. The summed E-state index contributed by atoms with van der Waals surface area (Å²) >= 11 is 5.58. The van der Waals surface area contributed by atoms with Crippen LogP contribution in [0.15, 0.2) is 78.9 Å². The Morgan fingerprint density at radius 3 is 1.95 bits per heavy atom. The van der Waals surface area contributed by atoms with Gasteiger partial charge in [-0.25, -0.2) is 4.68 Å². The fraction of sp³-hybridized carbons (Fsp3) is 0.192. The molecule has 3 aromatic carbocycles. The van der Waals surface area contributed by atoms with Gasteiger partial charge in [0.15, 0.2) is 0 Å². The van der Waals surface area contributed by atoms with Crippen molar-refractivity contribution < 1.29 is 26.3 Å². The number of benzene rings is 3. The first-order valence-electron chi connectivity index (χ1n) is 11.1. The highest BCUT2D eigenvalue weighted by atomic mass is 32.1. The zero-order valence-corrected chi connectivity index (χ0v) is 20.1. The number of rotatable bonds is 6. The molecule has 4 nitrogen and oxygen atoms in total. The normalized spacial score (nSPS) is 12.8. The summed E-state index contributed by atoms with van der Waals surface area (Å²) < 4.78 is 81.4. The average Bonchev–Trinajstić information content (AvgIpc) is 3.27. The molecule has 37 heavy (non-hydrogen) atoms. The molecular weight excluding hydrogens is 514 g/mol. The standard InChI is InChI=1S/C26H20F6N4S/c1-16(18-8-4-2-5-9-18)33-24(37)22-23(19-10-6-3-7-11-19)36(35-34-22)15-17-12-20(25(27,28)29)14-21(13-17)26(30,31)32/h2-14,16H,15H2,1H3,(H,33,37)/t16-/m0/s1. The summed E-state index contributed by atoms with van der Waals surface area (Å²) in [5.74, 6) is 0. The van der Waals surface area contributed by atoms with Crippen molar-refractivity contribution in [2.45, 2.75) is 31.9 Å². The fourth-order valence-electron chi connectivity index (χ4n) is 3.83. The molecular formula is C26H20F6N4S. The van der Waals surface area contributed by atoms with Gasteiger partial charge in [-0.15, -0.1) is 5.10 Å². The van der Waals surface area contributed by atoms with E-state index in [1.54, 1.807) is 30.3 Å². The molecule has 0 aliphatic rings. The van der Waals surface area contributed by atoms with Crippen LogP contribution >= 0.6 is 12.2 Å². The molecule has 0 bridgehead atoms. The van der Waals surface area contributed by atoms with E-state index in [0.29, 0.717) is 23.4 Å². The van der Waals surface area contributed by atoms with E-state index in [4.69, 9.17) is 12.2 Å². The third kappa shape index (κ3) is 6.16. The van der Waals surface area contributed by atoms with Crippen LogP contribution in [0, 0.1) is 0 Å². The number of hydrogen-bond donors (Lipinski definition) is 1. The maximum atomic E-state index is 13.4. The second-order valence-corrected chi connectivity index (χ2v) is 8.74. The summed E-state index contributed by atoms with van der Waals surface area (Å²) in [5.41, 5.74) is -0.839. The Kier molecular flexibility index (Phi) is 7.35. The van der Waals surface area contributed by atoms with Gasteiger partial charge >= 0.3 is 12.4 Å². The van der Waals surface area contributed by atoms with Crippen LogP contribution in [0.1, 0.15) is 40.9 Å². The van der Waals surface area contributed by atoms with Crippen LogP contribution in [0.4, 0.5) is 26.3 Å². The quantitative estimate of drug-likeness (QED) is 0.213. The zero-order chi connectivity index (χ0) is 26.8. The monoisotopic (exact) mass is 534 g/mol. The lowest BCUT2D eigenvalue weighted by Gasteiger charge is -2.17. The van der Waals surface area contributed by atoms with Gasteiger partial charge in [0.05, 0.1) is 23.4 Å². The highest BCUT2D eigenvalue weighted by molar-refractivity contribution is 7.80. The van der Waals surface area contributed by atoms with Gasteiger partial charge in [0, 0.05) is 11.6 Å². The third-order valence-corrected chi connectivity index (χ3v) is 5.94. The van der Waals surface area contributed by atoms with E-state index >= 15 is 0 Å². The molecule has 0 radical (unpaired) electrons. The fourth-order valence-corrected chi connectivity index (χ4v) is 4.15. The molecule has 0 aliphatic heterocycles. The highest BCUT2D eigenvalue weighted by Gasteiger charge is 2.37. The van der Waals surface area contributed by atoms with Crippen LogP contribution in [0.25, 0.3) is 11.3 Å². The smallest absolute Gasteiger partial charge is 0.368 e. The Balaban J connectivity index is 1.74. The SMILES string of the molecule is C[C@H](NC(=S)c1nnn(Cc2cc(C(F)(F)F)cc(C(F)(F)F)c2)c1-c1ccccc1)c1ccccc1. The Labute approximate surface area is 213 Å². The van der Waals surface area contributed by atoms with Gasteiger partial charge in [-0.1, -0.05) is 78.1 Å². The predicted molar refractivity (Wildman–Crippen MR) is 131 cm³/mol. The molecule has 0 unspecified atom stereocenters. The van der Waals surface area contributed by atoms with Gasteiger partial charge < -0.3 is 5.32 Å². The summed E-state index contributed by atoms with van der Waals surface area (Å²) in [5, 5.41) is 11.4. The molecule has 0 fully saturated rings. The van der Waals surface area contributed by atoms with Gasteiger partial charge in [-0.2, -0.15) is 26.3 Å². The van der Waals surface area contributed by atoms with Gasteiger partial charge in [0.2, 0.25) is 0 Å². The Hall–Kier alpha value is -3.73. The third-order valence-electron chi connectivity index (χ3n) is 5.62. The number of nitrogens with zero attached hydrogens (tertiary/aromatic N) is 3. The van der Waals surface area contributed by atoms with Gasteiger partial charge in [-0.05, 0) is 36.2 Å². The summed E-state index contributed by atoms with van der Waals surface area (Å²) in [6.07, 6.45) is -9.91. The predicted octanol–water partition coefficient (Wildman–Crippen LogP) is 7.06. The lowest BCUT2D eigenvalue weighted by Crippen LogP contribution is -2.26. The maximum Gasteiger partial charge on any atom is 0.416 e. The molecule has 0 spiro atoms. The Bertz CT molecular complexity index is 1350. The van der Waals surface area contributed by atoms with E-state index in [2.05, 4.69) is 15.6 Å². The van der Waals surface area contributed by atoms with E-state index in [-0.39, 0.29) is 34.9 Å². The number of alkyl halides is 6. The number of aromatic nitrogens is 3. The van der Waals surface area contributed by atoms with Crippen LogP contribution in [0.3, 0.4) is 0 Å². The van der Waals surface area contributed by atoms with E-state index in [1.165, 1.54) is 4.68 Å². The maximum absolute atomic E-state index is 13.4. The first-order chi connectivity index (χ1) is 17.4. The minimum Gasteiger partial charge on any atom is -0.368 e. The molecule has 0 aliphatic carbocycles.